The smallest absolute Gasteiger partial charge is 0.336 e. The lowest BCUT2D eigenvalue weighted by Gasteiger charge is -2.07. The number of hydrogen-bond acceptors (Lipinski definition) is 6. The van der Waals surface area contributed by atoms with Crippen molar-refractivity contribution in [2.75, 3.05) is 7.11 Å². The molecule has 6 heteroatoms. The Kier molecular flexibility index (Phi) is 6.03. The molecule has 0 unspecified atom stereocenters. The van der Waals surface area contributed by atoms with Gasteiger partial charge in [0.2, 0.25) is 11.2 Å². The Hall–Kier alpha value is -4.32. The fraction of sp³-hybridized carbons (Fsp3) is 0.0769. The molecule has 4 rings (SSSR count). The average molecular weight is 428 g/mol. The van der Waals surface area contributed by atoms with Gasteiger partial charge in [0.05, 0.1) is 12.5 Å². The van der Waals surface area contributed by atoms with Crippen LogP contribution < -0.4 is 19.6 Å². The molecule has 1 heterocycles. The van der Waals surface area contributed by atoms with Crippen LogP contribution in [-0.2, 0) is 4.79 Å². The molecule has 3 aromatic carbocycles. The van der Waals surface area contributed by atoms with E-state index in [0.29, 0.717) is 16.9 Å². The first kappa shape index (κ1) is 20.9. The molecule has 0 aliphatic heterocycles. The molecule has 4 aromatic rings. The first-order valence-electron chi connectivity index (χ1n) is 9.86. The third-order valence-corrected chi connectivity index (χ3v) is 4.71. The average Bonchev–Trinajstić information content (AvgIpc) is 2.81. The highest BCUT2D eigenvalue weighted by atomic mass is 16.5. The zero-order valence-corrected chi connectivity index (χ0v) is 17.5. The summed E-state index contributed by atoms with van der Waals surface area (Å²) in [4.78, 5) is 24.9. The van der Waals surface area contributed by atoms with Crippen LogP contribution in [0.2, 0.25) is 0 Å². The van der Waals surface area contributed by atoms with Crippen molar-refractivity contribution in [1.29, 1.82) is 0 Å². The lowest BCUT2D eigenvalue weighted by atomic mass is 10.1. The van der Waals surface area contributed by atoms with Gasteiger partial charge in [0.1, 0.15) is 29.1 Å². The minimum Gasteiger partial charge on any atom is -0.497 e. The second-order valence-electron chi connectivity index (χ2n) is 7.03. The van der Waals surface area contributed by atoms with E-state index in [1.165, 1.54) is 30.5 Å². The molecule has 0 spiro atoms. The highest BCUT2D eigenvalue weighted by molar-refractivity contribution is 5.89. The maximum atomic E-state index is 12.7. The van der Waals surface area contributed by atoms with Crippen LogP contribution in [0, 0.1) is 6.92 Å². The summed E-state index contributed by atoms with van der Waals surface area (Å²) < 4.78 is 21.6. The standard InChI is InChI=1S/C26H20O6/c1-17-3-5-18(6-4-17)7-14-25(27)32-21-12-13-22-23(15-21)30-16-24(26(22)28)31-20-10-8-19(29-2)9-11-20/h3-16H,1-2H3/b14-7+. The van der Waals surface area contributed by atoms with Crippen molar-refractivity contribution < 1.29 is 23.4 Å². The van der Waals surface area contributed by atoms with Gasteiger partial charge in [0.15, 0.2) is 0 Å². The molecule has 32 heavy (non-hydrogen) atoms. The molecule has 0 saturated heterocycles. The van der Waals surface area contributed by atoms with Crippen molar-refractivity contribution in [3.05, 3.63) is 100 Å². The minimum absolute atomic E-state index is 0.0495. The van der Waals surface area contributed by atoms with Crippen molar-refractivity contribution in [3.63, 3.8) is 0 Å². The van der Waals surface area contributed by atoms with Crippen LogP contribution in [0.4, 0.5) is 0 Å². The molecule has 0 N–H and O–H groups in total. The zero-order chi connectivity index (χ0) is 22.5. The Balaban J connectivity index is 1.49. The summed E-state index contributed by atoms with van der Waals surface area (Å²) in [6, 6.07) is 19.1. The summed E-state index contributed by atoms with van der Waals surface area (Å²) in [6.45, 7) is 1.99. The lowest BCUT2D eigenvalue weighted by Crippen LogP contribution is -2.06. The zero-order valence-electron chi connectivity index (χ0n) is 17.5. The highest BCUT2D eigenvalue weighted by Crippen LogP contribution is 2.25. The van der Waals surface area contributed by atoms with Gasteiger partial charge in [0.25, 0.3) is 0 Å². The largest absolute Gasteiger partial charge is 0.497 e. The lowest BCUT2D eigenvalue weighted by molar-refractivity contribution is -0.128. The monoisotopic (exact) mass is 428 g/mol. The third-order valence-electron chi connectivity index (χ3n) is 4.71. The number of fused-ring (bicyclic) bond motifs is 1. The van der Waals surface area contributed by atoms with Crippen LogP contribution in [0.25, 0.3) is 17.0 Å². The molecule has 0 radical (unpaired) electrons. The fourth-order valence-electron chi connectivity index (χ4n) is 2.99. The van der Waals surface area contributed by atoms with E-state index in [0.717, 1.165) is 11.1 Å². The van der Waals surface area contributed by atoms with Gasteiger partial charge in [0, 0.05) is 12.1 Å². The van der Waals surface area contributed by atoms with Gasteiger partial charge in [-0.2, -0.15) is 0 Å². The van der Waals surface area contributed by atoms with E-state index in [1.54, 1.807) is 37.5 Å². The molecule has 160 valence electrons. The normalized spacial score (nSPS) is 10.9. The van der Waals surface area contributed by atoms with Crippen molar-refractivity contribution in [2.45, 2.75) is 6.92 Å². The molecular weight excluding hydrogens is 408 g/mol. The van der Waals surface area contributed by atoms with Crippen molar-refractivity contribution >= 4 is 23.0 Å². The maximum absolute atomic E-state index is 12.7. The maximum Gasteiger partial charge on any atom is 0.336 e. The molecule has 0 fully saturated rings. The van der Waals surface area contributed by atoms with Gasteiger partial charge in [-0.3, -0.25) is 4.79 Å². The number of hydrogen-bond donors (Lipinski definition) is 0. The number of methoxy groups -OCH3 is 1. The Morgan fingerprint density at radius 2 is 1.59 bits per heavy atom. The summed E-state index contributed by atoms with van der Waals surface area (Å²) in [5.41, 5.74) is 1.98. The summed E-state index contributed by atoms with van der Waals surface area (Å²) in [7, 11) is 1.57. The molecular formula is C26H20O6. The molecule has 0 amide bonds. The van der Waals surface area contributed by atoms with E-state index < -0.39 is 5.97 Å². The van der Waals surface area contributed by atoms with E-state index >= 15 is 0 Å². The molecule has 0 bridgehead atoms. The van der Waals surface area contributed by atoms with E-state index in [9.17, 15) is 9.59 Å². The summed E-state index contributed by atoms with van der Waals surface area (Å²) in [5.74, 6) is 0.935. The van der Waals surface area contributed by atoms with Crippen molar-refractivity contribution in [2.24, 2.45) is 0 Å². The molecule has 0 atom stereocenters. The minimum atomic E-state index is -0.535. The fourth-order valence-corrected chi connectivity index (χ4v) is 2.99. The third kappa shape index (κ3) is 4.87. The number of rotatable bonds is 6. The van der Waals surface area contributed by atoms with E-state index in [1.807, 2.05) is 31.2 Å². The summed E-state index contributed by atoms with van der Waals surface area (Å²) >= 11 is 0. The van der Waals surface area contributed by atoms with Gasteiger partial charge < -0.3 is 18.6 Å². The number of ether oxygens (including phenoxy) is 3. The Morgan fingerprint density at radius 1 is 0.906 bits per heavy atom. The van der Waals surface area contributed by atoms with E-state index in [-0.39, 0.29) is 22.5 Å². The topological polar surface area (TPSA) is 75.0 Å². The summed E-state index contributed by atoms with van der Waals surface area (Å²) in [6.07, 6.45) is 4.25. The second kappa shape index (κ2) is 9.22. The van der Waals surface area contributed by atoms with Crippen molar-refractivity contribution in [1.82, 2.24) is 0 Å². The van der Waals surface area contributed by atoms with Gasteiger partial charge in [-0.25, -0.2) is 4.79 Å². The molecule has 6 nitrogen and oxygen atoms in total. The Bertz CT molecular complexity index is 1330. The predicted octanol–water partition coefficient (Wildman–Crippen LogP) is 5.52. The van der Waals surface area contributed by atoms with Crippen LogP contribution in [-0.4, -0.2) is 13.1 Å². The molecule has 0 aliphatic rings. The van der Waals surface area contributed by atoms with Crippen molar-refractivity contribution in [3.8, 4) is 23.0 Å². The number of aryl methyl sites for hydroxylation is 1. The number of carbonyl (C=O) groups excluding carboxylic acids is 1. The quantitative estimate of drug-likeness (QED) is 0.229. The number of carbonyl (C=O) groups is 1. The van der Waals surface area contributed by atoms with Gasteiger partial charge >= 0.3 is 5.97 Å². The van der Waals surface area contributed by atoms with Crippen LogP contribution in [0.5, 0.6) is 23.0 Å². The first-order chi connectivity index (χ1) is 15.5. The number of benzene rings is 3. The van der Waals surface area contributed by atoms with E-state index in [2.05, 4.69) is 0 Å². The SMILES string of the molecule is COc1ccc(Oc2coc3cc(OC(=O)/C=C/c4ccc(C)cc4)ccc3c2=O)cc1. The molecule has 1 aromatic heterocycles. The first-order valence-corrected chi connectivity index (χ1v) is 9.86. The van der Waals surface area contributed by atoms with Crippen LogP contribution >= 0.6 is 0 Å². The molecule has 0 aliphatic carbocycles. The molecule has 0 saturated carbocycles. The Labute approximate surface area is 184 Å². The van der Waals surface area contributed by atoms with E-state index in [4.69, 9.17) is 18.6 Å². The predicted molar refractivity (Wildman–Crippen MR) is 121 cm³/mol. The van der Waals surface area contributed by atoms with Crippen LogP contribution in [0.15, 0.2) is 88.3 Å². The van der Waals surface area contributed by atoms with Gasteiger partial charge in [-0.05, 0) is 55.0 Å². The van der Waals surface area contributed by atoms with Gasteiger partial charge in [-0.15, -0.1) is 0 Å². The number of esters is 1. The second-order valence-corrected chi connectivity index (χ2v) is 7.03. The van der Waals surface area contributed by atoms with Crippen LogP contribution in [0.1, 0.15) is 11.1 Å². The highest BCUT2D eigenvalue weighted by Gasteiger charge is 2.11. The van der Waals surface area contributed by atoms with Crippen LogP contribution in [0.3, 0.4) is 0 Å². The summed E-state index contributed by atoms with van der Waals surface area (Å²) in [5, 5.41) is 0.311. The Morgan fingerprint density at radius 3 is 2.31 bits per heavy atom. The van der Waals surface area contributed by atoms with Gasteiger partial charge in [-0.1, -0.05) is 29.8 Å².